The number of aliphatic imine (C=N–C) groups is 3. The van der Waals surface area contributed by atoms with Gasteiger partial charge in [-0.3, -0.25) is 15.0 Å². The molecule has 92 valence electrons. The van der Waals surface area contributed by atoms with Crippen molar-refractivity contribution in [2.45, 2.75) is 37.9 Å². The average Bonchev–Trinajstić information content (AvgIpc) is 2.86. The van der Waals surface area contributed by atoms with Crippen molar-refractivity contribution in [1.29, 1.82) is 0 Å². The summed E-state index contributed by atoms with van der Waals surface area (Å²) in [4.78, 5) is 13.5. The van der Waals surface area contributed by atoms with Crippen molar-refractivity contribution < 1.29 is 0 Å². The molecule has 1 saturated carbocycles. The molecule has 5 heteroatoms. The number of guanidine groups is 1. The maximum absolute atomic E-state index is 4.58. The first-order valence-electron chi connectivity index (χ1n) is 6.44. The van der Waals surface area contributed by atoms with Crippen molar-refractivity contribution >= 4 is 18.4 Å². The lowest BCUT2D eigenvalue weighted by Crippen LogP contribution is -2.52. The van der Waals surface area contributed by atoms with Crippen LogP contribution in [0.5, 0.6) is 0 Å². The Hall–Kier alpha value is -1.39. The Kier molecular flexibility index (Phi) is 2.82. The summed E-state index contributed by atoms with van der Waals surface area (Å²) in [6, 6.07) is 1.20. The lowest BCUT2D eigenvalue weighted by molar-refractivity contribution is 0.242. The first kappa shape index (κ1) is 10.7. The van der Waals surface area contributed by atoms with E-state index in [1.54, 1.807) is 0 Å². The summed E-state index contributed by atoms with van der Waals surface area (Å²) in [7, 11) is 0. The third-order valence-corrected chi connectivity index (χ3v) is 3.94. The SMILES string of the molecule is CC1C(NC2=NCCN2)CCC2N=CC=NC21. The summed E-state index contributed by atoms with van der Waals surface area (Å²) < 4.78 is 0. The summed E-state index contributed by atoms with van der Waals surface area (Å²) in [5.41, 5.74) is 0. The van der Waals surface area contributed by atoms with Crippen molar-refractivity contribution in [2.75, 3.05) is 13.1 Å². The predicted octanol–water partition coefficient (Wildman–Crippen LogP) is 0.226. The average molecular weight is 233 g/mol. The minimum atomic E-state index is 0.341. The summed E-state index contributed by atoms with van der Waals surface area (Å²) >= 11 is 0. The third kappa shape index (κ3) is 2.06. The van der Waals surface area contributed by atoms with Gasteiger partial charge in [-0.2, -0.15) is 0 Å². The minimum absolute atomic E-state index is 0.341. The van der Waals surface area contributed by atoms with Crippen molar-refractivity contribution in [3.05, 3.63) is 0 Å². The molecule has 1 aliphatic carbocycles. The van der Waals surface area contributed by atoms with Gasteiger partial charge in [-0.1, -0.05) is 6.92 Å². The van der Waals surface area contributed by atoms with E-state index in [0.29, 0.717) is 24.0 Å². The zero-order valence-electron chi connectivity index (χ0n) is 10.1. The highest BCUT2D eigenvalue weighted by Crippen LogP contribution is 2.30. The lowest BCUT2D eigenvalue weighted by atomic mass is 9.78. The second-order valence-corrected chi connectivity index (χ2v) is 5.00. The van der Waals surface area contributed by atoms with Gasteiger partial charge in [-0.25, -0.2) is 0 Å². The molecule has 2 N–H and O–H groups in total. The van der Waals surface area contributed by atoms with E-state index in [-0.39, 0.29) is 0 Å². The zero-order chi connectivity index (χ0) is 11.7. The van der Waals surface area contributed by atoms with E-state index >= 15 is 0 Å². The van der Waals surface area contributed by atoms with Gasteiger partial charge in [0.25, 0.3) is 0 Å². The third-order valence-electron chi connectivity index (χ3n) is 3.94. The Morgan fingerprint density at radius 1 is 1.29 bits per heavy atom. The van der Waals surface area contributed by atoms with E-state index in [1.165, 1.54) is 0 Å². The highest BCUT2D eigenvalue weighted by Gasteiger charge is 2.37. The van der Waals surface area contributed by atoms with E-state index in [9.17, 15) is 0 Å². The van der Waals surface area contributed by atoms with E-state index < -0.39 is 0 Å². The maximum atomic E-state index is 4.58. The summed E-state index contributed by atoms with van der Waals surface area (Å²) in [6.07, 6.45) is 5.94. The van der Waals surface area contributed by atoms with Crippen molar-refractivity contribution in [2.24, 2.45) is 20.9 Å². The van der Waals surface area contributed by atoms with Crippen LogP contribution in [-0.4, -0.2) is 49.6 Å². The van der Waals surface area contributed by atoms with Crippen LogP contribution in [0.15, 0.2) is 15.0 Å². The first-order chi connectivity index (χ1) is 8.34. The van der Waals surface area contributed by atoms with Crippen LogP contribution in [0.25, 0.3) is 0 Å². The molecule has 0 saturated heterocycles. The fourth-order valence-electron chi connectivity index (χ4n) is 2.93. The van der Waals surface area contributed by atoms with Crippen LogP contribution in [0.4, 0.5) is 0 Å². The van der Waals surface area contributed by atoms with E-state index in [2.05, 4.69) is 32.5 Å². The van der Waals surface area contributed by atoms with Gasteiger partial charge in [0.2, 0.25) is 0 Å². The minimum Gasteiger partial charge on any atom is -0.355 e. The topological polar surface area (TPSA) is 61.1 Å². The first-order valence-corrected chi connectivity index (χ1v) is 6.44. The van der Waals surface area contributed by atoms with Crippen LogP contribution in [0, 0.1) is 5.92 Å². The molecule has 3 aliphatic rings. The fraction of sp³-hybridized carbons (Fsp3) is 0.750. The van der Waals surface area contributed by atoms with Crippen molar-refractivity contribution in [3.8, 4) is 0 Å². The van der Waals surface area contributed by atoms with Gasteiger partial charge in [-0.05, 0) is 12.8 Å². The largest absolute Gasteiger partial charge is 0.355 e. The molecule has 0 aromatic heterocycles. The second kappa shape index (κ2) is 4.47. The second-order valence-electron chi connectivity index (χ2n) is 5.00. The number of hydrogen-bond acceptors (Lipinski definition) is 5. The molecular weight excluding hydrogens is 214 g/mol. The predicted molar refractivity (Wildman–Crippen MR) is 70.2 cm³/mol. The molecule has 3 rings (SSSR count). The molecule has 1 fully saturated rings. The van der Waals surface area contributed by atoms with E-state index in [4.69, 9.17) is 0 Å². The summed E-state index contributed by atoms with van der Waals surface area (Å²) in [6.45, 7) is 4.11. The molecule has 0 spiro atoms. The number of nitrogens with zero attached hydrogens (tertiary/aromatic N) is 3. The Morgan fingerprint density at radius 2 is 2.18 bits per heavy atom. The van der Waals surface area contributed by atoms with Gasteiger partial charge in [0, 0.05) is 30.9 Å². The molecule has 0 aromatic rings. The molecular formula is C12H19N5. The highest BCUT2D eigenvalue weighted by atomic mass is 15.2. The zero-order valence-corrected chi connectivity index (χ0v) is 10.1. The number of nitrogens with one attached hydrogen (secondary N) is 2. The lowest BCUT2D eigenvalue weighted by Gasteiger charge is -2.39. The van der Waals surface area contributed by atoms with Crippen LogP contribution in [-0.2, 0) is 0 Å². The molecule has 0 radical (unpaired) electrons. The molecule has 4 atom stereocenters. The molecule has 5 nitrogen and oxygen atoms in total. The summed E-state index contributed by atoms with van der Waals surface area (Å²) in [5.74, 6) is 1.47. The Labute approximate surface area is 102 Å². The Balaban J connectivity index is 1.67. The number of hydrogen-bond donors (Lipinski definition) is 2. The quantitative estimate of drug-likeness (QED) is 0.681. The van der Waals surface area contributed by atoms with E-state index in [0.717, 1.165) is 31.9 Å². The van der Waals surface area contributed by atoms with Gasteiger partial charge in [0.05, 0.1) is 18.6 Å². The van der Waals surface area contributed by atoms with Crippen LogP contribution >= 0.6 is 0 Å². The van der Waals surface area contributed by atoms with Gasteiger partial charge in [-0.15, -0.1) is 0 Å². The molecule has 2 aliphatic heterocycles. The maximum Gasteiger partial charge on any atom is 0.191 e. The van der Waals surface area contributed by atoms with Crippen LogP contribution in [0.2, 0.25) is 0 Å². The smallest absolute Gasteiger partial charge is 0.191 e. The Morgan fingerprint density at radius 3 is 3.00 bits per heavy atom. The molecule has 0 amide bonds. The molecule has 4 unspecified atom stereocenters. The molecule has 0 aromatic carbocycles. The van der Waals surface area contributed by atoms with Crippen LogP contribution < -0.4 is 10.6 Å². The van der Waals surface area contributed by atoms with Crippen LogP contribution in [0.1, 0.15) is 19.8 Å². The van der Waals surface area contributed by atoms with E-state index in [1.807, 2.05) is 12.4 Å². The van der Waals surface area contributed by atoms with Crippen molar-refractivity contribution in [1.82, 2.24) is 10.6 Å². The highest BCUT2D eigenvalue weighted by molar-refractivity contribution is 6.16. The fourth-order valence-corrected chi connectivity index (χ4v) is 2.93. The van der Waals surface area contributed by atoms with Crippen molar-refractivity contribution in [3.63, 3.8) is 0 Å². The molecule has 17 heavy (non-hydrogen) atoms. The molecule has 0 bridgehead atoms. The number of rotatable bonds is 1. The van der Waals surface area contributed by atoms with Gasteiger partial charge < -0.3 is 10.6 Å². The number of fused-ring (bicyclic) bond motifs is 1. The van der Waals surface area contributed by atoms with Crippen LogP contribution in [0.3, 0.4) is 0 Å². The Bertz CT molecular complexity index is 373. The standard InChI is InChI=1S/C12H19N5/c1-8-9(17-12-15-6-7-16-12)2-3-10-11(8)14-5-4-13-10/h4-5,8-11H,2-3,6-7H2,1H3,(H2,15,16,17). The molecule has 2 heterocycles. The summed E-state index contributed by atoms with van der Waals surface area (Å²) in [5, 5.41) is 6.78. The van der Waals surface area contributed by atoms with Gasteiger partial charge in [0.15, 0.2) is 5.96 Å². The van der Waals surface area contributed by atoms with Gasteiger partial charge in [0.1, 0.15) is 0 Å². The normalized spacial score (nSPS) is 39.5. The monoisotopic (exact) mass is 233 g/mol. The van der Waals surface area contributed by atoms with Gasteiger partial charge >= 0.3 is 0 Å².